The van der Waals surface area contributed by atoms with Crippen molar-refractivity contribution in [3.8, 4) is 11.5 Å². The second-order valence-corrected chi connectivity index (χ2v) is 8.65. The average Bonchev–Trinajstić information content (AvgIpc) is 2.80. The molecular weight excluding hydrogens is 557 g/mol. The molecule has 0 aliphatic carbocycles. The van der Waals surface area contributed by atoms with E-state index in [2.05, 4.69) is 0 Å². The van der Waals surface area contributed by atoms with E-state index in [-0.39, 0.29) is 32.8 Å². The highest BCUT2D eigenvalue weighted by Gasteiger charge is 2.58. The van der Waals surface area contributed by atoms with Crippen molar-refractivity contribution in [2.75, 3.05) is 11.4 Å². The Morgan fingerprint density at radius 1 is 0.838 bits per heavy atom. The van der Waals surface area contributed by atoms with Crippen molar-refractivity contribution in [1.29, 1.82) is 0 Å². The Morgan fingerprint density at radius 3 is 2.14 bits per heavy atom. The van der Waals surface area contributed by atoms with E-state index in [0.717, 1.165) is 11.0 Å². The third-order valence-corrected chi connectivity index (χ3v) is 5.92. The molecule has 200 valence electrons. The van der Waals surface area contributed by atoms with Gasteiger partial charge in [0.05, 0.1) is 11.6 Å². The highest BCUT2D eigenvalue weighted by atomic mass is 35.5. The Morgan fingerprint density at radius 2 is 1.49 bits per heavy atom. The maximum atomic E-state index is 13.8. The smallest absolute Gasteiger partial charge is 0.456 e. The number of hydrogen-bond donors (Lipinski definition) is 1. The fourth-order valence-electron chi connectivity index (χ4n) is 3.26. The van der Waals surface area contributed by atoms with E-state index in [0.29, 0.717) is 12.1 Å². The number of aliphatic hydroxyl groups excluding tert-OH is 1. The van der Waals surface area contributed by atoms with E-state index >= 15 is 0 Å². The summed E-state index contributed by atoms with van der Waals surface area (Å²) in [6, 6.07) is 13.2. The Kier molecular flexibility index (Phi) is 8.50. The van der Waals surface area contributed by atoms with Crippen LogP contribution in [-0.2, 0) is 12.5 Å². The molecule has 0 amide bonds. The van der Waals surface area contributed by atoms with E-state index in [1.165, 1.54) is 42.5 Å². The molecule has 0 radical (unpaired) electrons. The van der Waals surface area contributed by atoms with Crippen molar-refractivity contribution in [2.24, 2.45) is 0 Å². The van der Waals surface area contributed by atoms with Crippen LogP contribution in [0.4, 0.5) is 40.8 Å². The molecule has 0 spiro atoms. The van der Waals surface area contributed by atoms with Gasteiger partial charge in [0.15, 0.2) is 6.10 Å². The summed E-state index contributed by atoms with van der Waals surface area (Å²) >= 11 is 12.0. The maximum absolute atomic E-state index is 13.8. The van der Waals surface area contributed by atoms with Gasteiger partial charge < -0.3 is 14.7 Å². The number of rotatable bonds is 8. The van der Waals surface area contributed by atoms with E-state index < -0.39 is 43.0 Å². The SMILES string of the molecule is O[C@H](CN(Cc1cccc(C(F)(F)C(F)(F)F)c1)c1cccc(Oc2cccc(Cl)c2Cl)c1)C(F)(F)F. The monoisotopic (exact) mass is 573 g/mol. The number of nitrogens with zero attached hydrogens (tertiary/aromatic N) is 1. The van der Waals surface area contributed by atoms with Gasteiger partial charge in [0.2, 0.25) is 0 Å². The molecule has 0 heterocycles. The fourth-order valence-corrected chi connectivity index (χ4v) is 3.59. The predicted molar refractivity (Wildman–Crippen MR) is 122 cm³/mol. The second-order valence-electron chi connectivity index (χ2n) is 7.86. The number of benzene rings is 3. The zero-order valence-corrected chi connectivity index (χ0v) is 19.9. The highest BCUT2D eigenvalue weighted by Crippen LogP contribution is 2.44. The van der Waals surface area contributed by atoms with E-state index in [1.54, 1.807) is 6.07 Å². The maximum Gasteiger partial charge on any atom is 0.458 e. The van der Waals surface area contributed by atoms with E-state index in [9.17, 15) is 40.2 Å². The molecule has 0 unspecified atom stereocenters. The van der Waals surface area contributed by atoms with Crippen LogP contribution in [0, 0.1) is 0 Å². The summed E-state index contributed by atoms with van der Waals surface area (Å²) in [5, 5.41) is 9.91. The first-order valence-electron chi connectivity index (χ1n) is 10.3. The molecule has 0 aliphatic heterocycles. The van der Waals surface area contributed by atoms with Gasteiger partial charge in [-0.1, -0.05) is 53.5 Å². The number of halogens is 10. The Hall–Kier alpha value is -2.76. The molecule has 3 nitrogen and oxygen atoms in total. The molecule has 0 fully saturated rings. The Labute approximate surface area is 215 Å². The minimum Gasteiger partial charge on any atom is -0.456 e. The first-order chi connectivity index (χ1) is 17.1. The van der Waals surface area contributed by atoms with Crippen molar-refractivity contribution >= 4 is 28.9 Å². The zero-order valence-electron chi connectivity index (χ0n) is 18.4. The van der Waals surface area contributed by atoms with Gasteiger partial charge in [0, 0.05) is 23.9 Å². The lowest BCUT2D eigenvalue weighted by Crippen LogP contribution is -2.41. The van der Waals surface area contributed by atoms with Crippen LogP contribution in [0.5, 0.6) is 11.5 Å². The first-order valence-corrected chi connectivity index (χ1v) is 11.1. The Balaban J connectivity index is 1.96. The largest absolute Gasteiger partial charge is 0.458 e. The van der Waals surface area contributed by atoms with Crippen LogP contribution < -0.4 is 9.64 Å². The van der Waals surface area contributed by atoms with Gasteiger partial charge in [0.25, 0.3) is 0 Å². The number of alkyl halides is 8. The summed E-state index contributed by atoms with van der Waals surface area (Å²) in [4.78, 5) is 0.968. The molecular formula is C24H17Cl2F8NO2. The van der Waals surface area contributed by atoms with Crippen molar-refractivity contribution in [2.45, 2.75) is 30.9 Å². The Bertz CT molecular complexity index is 1230. The third kappa shape index (κ3) is 6.97. The van der Waals surface area contributed by atoms with Crippen LogP contribution in [0.2, 0.25) is 10.0 Å². The quantitative estimate of drug-likeness (QED) is 0.275. The van der Waals surface area contributed by atoms with Crippen molar-refractivity contribution < 1.29 is 45.0 Å². The van der Waals surface area contributed by atoms with Gasteiger partial charge in [-0.05, 0) is 35.9 Å². The number of anilines is 1. The second kappa shape index (κ2) is 10.9. The molecule has 0 aromatic heterocycles. The topological polar surface area (TPSA) is 32.7 Å². The van der Waals surface area contributed by atoms with Gasteiger partial charge in [0.1, 0.15) is 16.5 Å². The van der Waals surface area contributed by atoms with Crippen LogP contribution in [0.15, 0.2) is 66.7 Å². The minimum atomic E-state index is -5.87. The molecule has 3 aromatic rings. The van der Waals surface area contributed by atoms with E-state index in [1.807, 2.05) is 0 Å². The summed E-state index contributed by atoms with van der Waals surface area (Å²) in [6.07, 6.45) is -13.7. The van der Waals surface area contributed by atoms with Gasteiger partial charge in [-0.25, -0.2) is 0 Å². The van der Waals surface area contributed by atoms with Crippen molar-refractivity contribution in [3.05, 3.63) is 87.9 Å². The van der Waals surface area contributed by atoms with Crippen LogP contribution in [0.3, 0.4) is 0 Å². The van der Waals surface area contributed by atoms with Crippen molar-refractivity contribution in [3.63, 3.8) is 0 Å². The van der Waals surface area contributed by atoms with Gasteiger partial charge >= 0.3 is 18.3 Å². The van der Waals surface area contributed by atoms with Crippen LogP contribution >= 0.6 is 23.2 Å². The molecule has 0 saturated carbocycles. The van der Waals surface area contributed by atoms with Gasteiger partial charge in [-0.2, -0.15) is 35.1 Å². The fraction of sp³-hybridized carbons (Fsp3) is 0.250. The molecule has 3 rings (SSSR count). The van der Waals surface area contributed by atoms with Gasteiger partial charge in [-0.3, -0.25) is 0 Å². The number of aliphatic hydroxyl groups is 1. The summed E-state index contributed by atoms with van der Waals surface area (Å²) < 4.78 is 111. The first kappa shape index (κ1) is 28.8. The van der Waals surface area contributed by atoms with Crippen molar-refractivity contribution in [1.82, 2.24) is 0 Å². The lowest BCUT2D eigenvalue weighted by molar-refractivity contribution is -0.289. The lowest BCUT2D eigenvalue weighted by atomic mass is 10.0. The molecule has 3 aromatic carbocycles. The number of hydrogen-bond acceptors (Lipinski definition) is 3. The average molecular weight is 574 g/mol. The van der Waals surface area contributed by atoms with E-state index in [4.69, 9.17) is 27.9 Å². The highest BCUT2D eigenvalue weighted by molar-refractivity contribution is 6.42. The summed E-state index contributed by atoms with van der Waals surface area (Å²) in [7, 11) is 0. The minimum absolute atomic E-state index is 0.0481. The van der Waals surface area contributed by atoms with Crippen LogP contribution in [0.1, 0.15) is 11.1 Å². The summed E-state index contributed by atoms with van der Waals surface area (Å²) in [6.45, 7) is -1.60. The predicted octanol–water partition coefficient (Wildman–Crippen LogP) is 8.37. The molecule has 13 heteroatoms. The van der Waals surface area contributed by atoms with Crippen LogP contribution in [0.25, 0.3) is 0 Å². The summed E-state index contributed by atoms with van der Waals surface area (Å²) in [5.74, 6) is -4.94. The van der Waals surface area contributed by atoms with Crippen LogP contribution in [-0.4, -0.2) is 30.1 Å². The summed E-state index contributed by atoms with van der Waals surface area (Å²) in [5.41, 5.74) is -1.48. The normalized spacial score (nSPS) is 13.4. The standard InChI is InChI=1S/C24H17Cl2F8NO2/c25-18-8-3-9-19(21(18)26)37-17-7-2-6-16(11-17)35(13-20(36)23(29,30)31)12-14-4-1-5-15(10-14)22(27,28)24(32,33)34/h1-11,20,36H,12-13H2/t20-/m1/s1. The number of ether oxygens (including phenoxy) is 1. The lowest BCUT2D eigenvalue weighted by Gasteiger charge is -2.29. The molecule has 0 saturated heterocycles. The van der Waals surface area contributed by atoms with Gasteiger partial charge in [-0.15, -0.1) is 0 Å². The molecule has 37 heavy (non-hydrogen) atoms. The molecule has 1 N–H and O–H groups in total. The third-order valence-electron chi connectivity index (χ3n) is 5.12. The molecule has 0 aliphatic rings. The zero-order chi connectivity index (χ0) is 27.6. The molecule has 1 atom stereocenters. The molecule has 0 bridgehead atoms.